The second-order valence-electron chi connectivity index (χ2n) is 4.72. The van der Waals surface area contributed by atoms with E-state index in [4.69, 9.17) is 5.73 Å². The maximum Gasteiger partial charge on any atom is 0.310 e. The molecule has 0 radical (unpaired) electrons. The van der Waals surface area contributed by atoms with Gasteiger partial charge in [0, 0.05) is 32.4 Å². The number of nitro groups is 1. The normalized spacial score (nSPS) is 16.9. The number of hydrogen-bond acceptors (Lipinski definition) is 6. The summed E-state index contributed by atoms with van der Waals surface area (Å²) in [5.74, 6) is -0.0890. The molecule has 1 aromatic heterocycles. The first kappa shape index (κ1) is 14.2. The van der Waals surface area contributed by atoms with E-state index in [9.17, 15) is 14.9 Å². The molecule has 0 aromatic carbocycles. The number of rotatable bonds is 3. The summed E-state index contributed by atoms with van der Waals surface area (Å²) < 4.78 is 0. The number of pyridine rings is 1. The summed E-state index contributed by atoms with van der Waals surface area (Å²) in [5, 5.41) is 11.0. The van der Waals surface area contributed by atoms with Gasteiger partial charge < -0.3 is 15.5 Å². The molecule has 8 heteroatoms. The van der Waals surface area contributed by atoms with Crippen LogP contribution in [0, 0.1) is 10.1 Å². The fourth-order valence-corrected chi connectivity index (χ4v) is 2.24. The van der Waals surface area contributed by atoms with E-state index in [0.29, 0.717) is 31.9 Å². The second-order valence-corrected chi connectivity index (χ2v) is 4.72. The smallest absolute Gasteiger partial charge is 0.310 e. The van der Waals surface area contributed by atoms with Crippen molar-refractivity contribution in [3.05, 3.63) is 28.6 Å². The highest BCUT2D eigenvalue weighted by Crippen LogP contribution is 2.27. The second kappa shape index (κ2) is 5.83. The first-order valence-corrected chi connectivity index (χ1v) is 6.38. The molecule has 20 heavy (non-hydrogen) atoms. The summed E-state index contributed by atoms with van der Waals surface area (Å²) in [6.45, 7) is 3.77. The van der Waals surface area contributed by atoms with Crippen LogP contribution in [0.15, 0.2) is 18.5 Å². The van der Waals surface area contributed by atoms with Crippen molar-refractivity contribution in [2.24, 2.45) is 5.73 Å². The number of anilines is 1. The molecule has 1 fully saturated rings. The van der Waals surface area contributed by atoms with E-state index in [1.807, 2.05) is 4.90 Å². The molecule has 1 aliphatic rings. The maximum absolute atomic E-state index is 11.8. The molecular weight excluding hydrogens is 262 g/mol. The van der Waals surface area contributed by atoms with Crippen LogP contribution in [0.3, 0.4) is 0 Å². The molecule has 0 bridgehead atoms. The van der Waals surface area contributed by atoms with Gasteiger partial charge in [0.2, 0.25) is 5.91 Å². The molecule has 1 atom stereocenters. The van der Waals surface area contributed by atoms with Gasteiger partial charge in [0.15, 0.2) is 0 Å². The molecule has 1 saturated heterocycles. The number of aromatic nitrogens is 1. The fourth-order valence-electron chi connectivity index (χ4n) is 2.24. The molecule has 1 aromatic rings. The number of carbonyl (C=O) groups excluding carboxylic acids is 1. The first-order valence-electron chi connectivity index (χ1n) is 6.38. The van der Waals surface area contributed by atoms with E-state index in [2.05, 4.69) is 4.98 Å². The number of amides is 1. The minimum atomic E-state index is -0.517. The van der Waals surface area contributed by atoms with Gasteiger partial charge in [-0.1, -0.05) is 0 Å². The Balaban J connectivity index is 2.08. The van der Waals surface area contributed by atoms with Crippen molar-refractivity contribution in [2.75, 3.05) is 31.1 Å². The average molecular weight is 279 g/mol. The van der Waals surface area contributed by atoms with Crippen molar-refractivity contribution in [2.45, 2.75) is 13.0 Å². The fraction of sp³-hybridized carbons (Fsp3) is 0.500. The van der Waals surface area contributed by atoms with E-state index in [0.717, 1.165) is 0 Å². The van der Waals surface area contributed by atoms with Crippen molar-refractivity contribution < 1.29 is 9.72 Å². The highest BCUT2D eigenvalue weighted by molar-refractivity contribution is 5.81. The van der Waals surface area contributed by atoms with Crippen molar-refractivity contribution in [1.29, 1.82) is 0 Å². The third-order valence-corrected chi connectivity index (χ3v) is 3.30. The zero-order valence-electron chi connectivity index (χ0n) is 11.2. The van der Waals surface area contributed by atoms with Crippen LogP contribution in [-0.4, -0.2) is 52.9 Å². The summed E-state index contributed by atoms with van der Waals surface area (Å²) in [6.07, 6.45) is 2.77. The van der Waals surface area contributed by atoms with Crippen molar-refractivity contribution >= 4 is 17.3 Å². The van der Waals surface area contributed by atoms with Crippen LogP contribution in [0.25, 0.3) is 0 Å². The standard InChI is InChI=1S/C12H17N5O3/c1-9(13)12(18)16-6-4-15(5-7-16)10-2-3-14-8-11(10)17(19)20/h2-3,8-9H,4-7,13H2,1H3/t9-/m0/s1. The Labute approximate surface area is 116 Å². The van der Waals surface area contributed by atoms with Crippen LogP contribution in [-0.2, 0) is 4.79 Å². The average Bonchev–Trinajstić information content (AvgIpc) is 2.46. The molecular formula is C12H17N5O3. The highest BCUT2D eigenvalue weighted by atomic mass is 16.6. The van der Waals surface area contributed by atoms with Gasteiger partial charge in [-0.15, -0.1) is 0 Å². The predicted octanol–water partition coefficient (Wildman–Crippen LogP) is -0.0144. The number of hydrogen-bond donors (Lipinski definition) is 1. The molecule has 0 aliphatic carbocycles. The summed E-state index contributed by atoms with van der Waals surface area (Å²) in [4.78, 5) is 29.7. The molecule has 2 rings (SSSR count). The Hall–Kier alpha value is -2.22. The summed E-state index contributed by atoms with van der Waals surface area (Å²) in [6, 6.07) is 1.11. The quantitative estimate of drug-likeness (QED) is 0.616. The topological polar surface area (TPSA) is 106 Å². The van der Waals surface area contributed by atoms with E-state index in [1.54, 1.807) is 17.9 Å². The van der Waals surface area contributed by atoms with Gasteiger partial charge in [0.05, 0.1) is 11.0 Å². The van der Waals surface area contributed by atoms with Gasteiger partial charge in [0.1, 0.15) is 11.9 Å². The Kier molecular flexibility index (Phi) is 4.14. The Morgan fingerprint density at radius 2 is 2.10 bits per heavy atom. The third kappa shape index (κ3) is 2.85. The van der Waals surface area contributed by atoms with Gasteiger partial charge in [0.25, 0.3) is 0 Å². The molecule has 108 valence electrons. The van der Waals surface area contributed by atoms with Gasteiger partial charge in [-0.2, -0.15) is 0 Å². The zero-order valence-corrected chi connectivity index (χ0v) is 11.2. The van der Waals surface area contributed by atoms with Crippen LogP contribution >= 0.6 is 0 Å². The SMILES string of the molecule is C[C@H](N)C(=O)N1CCN(c2ccncc2[N+](=O)[O-])CC1. The molecule has 2 N–H and O–H groups in total. The van der Waals surface area contributed by atoms with E-state index < -0.39 is 11.0 Å². The minimum Gasteiger partial charge on any atom is -0.362 e. The largest absolute Gasteiger partial charge is 0.362 e. The molecule has 1 amide bonds. The van der Waals surface area contributed by atoms with E-state index >= 15 is 0 Å². The monoisotopic (exact) mass is 279 g/mol. The summed E-state index contributed by atoms with van der Waals surface area (Å²) >= 11 is 0. The third-order valence-electron chi connectivity index (χ3n) is 3.30. The Morgan fingerprint density at radius 1 is 1.45 bits per heavy atom. The van der Waals surface area contributed by atoms with Crippen LogP contribution in [0.2, 0.25) is 0 Å². The lowest BCUT2D eigenvalue weighted by Gasteiger charge is -2.36. The molecule has 0 unspecified atom stereocenters. The number of carbonyl (C=O) groups is 1. The zero-order chi connectivity index (χ0) is 14.7. The van der Waals surface area contributed by atoms with Gasteiger partial charge in [-0.3, -0.25) is 19.9 Å². The molecule has 8 nitrogen and oxygen atoms in total. The highest BCUT2D eigenvalue weighted by Gasteiger charge is 2.26. The van der Waals surface area contributed by atoms with E-state index in [-0.39, 0.29) is 11.6 Å². The summed E-state index contributed by atoms with van der Waals surface area (Å²) in [7, 11) is 0. The molecule has 0 saturated carbocycles. The van der Waals surface area contributed by atoms with Crippen LogP contribution in [0.1, 0.15) is 6.92 Å². The molecule has 0 spiro atoms. The van der Waals surface area contributed by atoms with Gasteiger partial charge in [-0.05, 0) is 13.0 Å². The predicted molar refractivity (Wildman–Crippen MR) is 73.3 cm³/mol. The van der Waals surface area contributed by atoms with Crippen LogP contribution in [0.4, 0.5) is 11.4 Å². The minimum absolute atomic E-state index is 0.0144. The summed E-state index contributed by atoms with van der Waals surface area (Å²) in [5.41, 5.74) is 6.10. The van der Waals surface area contributed by atoms with Crippen molar-refractivity contribution in [3.8, 4) is 0 Å². The first-order chi connectivity index (χ1) is 9.50. The lowest BCUT2D eigenvalue weighted by atomic mass is 10.2. The van der Waals surface area contributed by atoms with Gasteiger partial charge in [-0.25, -0.2) is 0 Å². The molecule has 2 heterocycles. The van der Waals surface area contributed by atoms with E-state index in [1.165, 1.54) is 12.4 Å². The Morgan fingerprint density at radius 3 is 2.65 bits per heavy atom. The van der Waals surface area contributed by atoms with Crippen molar-refractivity contribution in [3.63, 3.8) is 0 Å². The van der Waals surface area contributed by atoms with Crippen LogP contribution < -0.4 is 10.6 Å². The lowest BCUT2D eigenvalue weighted by Crippen LogP contribution is -2.52. The number of piperazine rings is 1. The lowest BCUT2D eigenvalue weighted by molar-refractivity contribution is -0.384. The van der Waals surface area contributed by atoms with Crippen molar-refractivity contribution in [1.82, 2.24) is 9.88 Å². The van der Waals surface area contributed by atoms with Gasteiger partial charge >= 0.3 is 5.69 Å². The number of nitrogens with two attached hydrogens (primary N) is 1. The number of nitrogens with zero attached hydrogens (tertiary/aromatic N) is 4. The maximum atomic E-state index is 11.8. The Bertz CT molecular complexity index is 512. The molecule has 1 aliphatic heterocycles. The van der Waals surface area contributed by atoms with Crippen LogP contribution in [0.5, 0.6) is 0 Å².